The van der Waals surface area contributed by atoms with Crippen molar-refractivity contribution in [3.8, 4) is 5.75 Å². The van der Waals surface area contributed by atoms with Gasteiger partial charge in [-0.05, 0) is 35.2 Å². The van der Waals surface area contributed by atoms with E-state index in [0.29, 0.717) is 0 Å². The lowest BCUT2D eigenvalue weighted by Gasteiger charge is -2.09. The number of aryl methyl sites for hydroxylation is 1. The number of anilines is 1. The van der Waals surface area contributed by atoms with E-state index in [9.17, 15) is 0 Å². The van der Waals surface area contributed by atoms with Crippen LogP contribution in [0, 0.1) is 0 Å². The first-order valence-corrected chi connectivity index (χ1v) is 6.65. The minimum Gasteiger partial charge on any atom is -0.496 e. The molecule has 0 radical (unpaired) electrons. The molecule has 6 heteroatoms. The Morgan fingerprint density at radius 3 is 2.94 bits per heavy atom. The Hall–Kier alpha value is -1.69. The Bertz CT molecular complexity index is 487. The summed E-state index contributed by atoms with van der Waals surface area (Å²) in [7, 11) is 1.71. The van der Waals surface area contributed by atoms with Gasteiger partial charge in [0.2, 0.25) is 5.13 Å². The van der Waals surface area contributed by atoms with E-state index in [2.05, 4.69) is 39.2 Å². The molecule has 2 aromatic rings. The maximum Gasteiger partial charge on any atom is 0.225 e. The van der Waals surface area contributed by atoms with Crippen LogP contribution in [0.2, 0.25) is 0 Å². The van der Waals surface area contributed by atoms with Gasteiger partial charge in [-0.25, -0.2) is 0 Å². The summed E-state index contributed by atoms with van der Waals surface area (Å²) in [6.45, 7) is 2.96. The van der Waals surface area contributed by atoms with Crippen molar-refractivity contribution in [2.24, 2.45) is 0 Å². The first kappa shape index (κ1) is 12.8. The van der Waals surface area contributed by atoms with Crippen LogP contribution in [0.15, 0.2) is 18.2 Å². The zero-order valence-corrected chi connectivity index (χ0v) is 11.3. The fourth-order valence-corrected chi connectivity index (χ4v) is 2.17. The maximum absolute atomic E-state index is 5.31. The molecule has 0 unspecified atom stereocenters. The molecule has 1 heterocycles. The Morgan fingerprint density at radius 2 is 2.28 bits per heavy atom. The predicted molar refractivity (Wildman–Crippen MR) is 72.3 cm³/mol. The molecule has 0 saturated carbocycles. The minimum atomic E-state index is 0.763. The minimum absolute atomic E-state index is 0.763. The van der Waals surface area contributed by atoms with E-state index >= 15 is 0 Å². The number of nitrogens with zero attached hydrogens (tertiary/aromatic N) is 3. The number of hydrogen-bond donors (Lipinski definition) is 1. The normalized spacial score (nSPS) is 10.3. The highest BCUT2D eigenvalue weighted by molar-refractivity contribution is 7.09. The smallest absolute Gasteiger partial charge is 0.225 e. The summed E-state index contributed by atoms with van der Waals surface area (Å²) in [5, 5.41) is 11.3. The monoisotopic (exact) mass is 264 g/mol. The molecule has 18 heavy (non-hydrogen) atoms. The number of methoxy groups -OCH3 is 1. The third kappa shape index (κ3) is 3.16. The van der Waals surface area contributed by atoms with Gasteiger partial charge in [0.25, 0.3) is 0 Å². The number of aromatic nitrogens is 3. The third-order valence-electron chi connectivity index (χ3n) is 2.71. The summed E-state index contributed by atoms with van der Waals surface area (Å²) in [5.41, 5.74) is 2.53. The highest BCUT2D eigenvalue weighted by atomic mass is 32.1. The van der Waals surface area contributed by atoms with Gasteiger partial charge in [0.05, 0.1) is 7.11 Å². The molecule has 5 nitrogen and oxygen atoms in total. The average molecular weight is 264 g/mol. The maximum atomic E-state index is 5.31. The summed E-state index contributed by atoms with van der Waals surface area (Å²) in [5.74, 6) is 0.961. The number of rotatable bonds is 6. The molecule has 0 saturated heterocycles. The molecule has 0 bridgehead atoms. The van der Waals surface area contributed by atoms with Gasteiger partial charge in [-0.15, -0.1) is 0 Å². The predicted octanol–water partition coefficient (Wildman–Crippen LogP) is 2.16. The second-order valence-electron chi connectivity index (χ2n) is 3.84. The zero-order chi connectivity index (χ0) is 12.8. The molecule has 2 rings (SSSR count). The molecule has 0 fully saturated rings. The number of hydrogen-bond acceptors (Lipinski definition) is 6. The topological polar surface area (TPSA) is 59.9 Å². The van der Waals surface area contributed by atoms with Crippen LogP contribution < -0.4 is 10.1 Å². The van der Waals surface area contributed by atoms with Gasteiger partial charge in [-0.2, -0.15) is 0 Å². The fraction of sp³-hybridized carbons (Fsp3) is 0.417. The van der Waals surface area contributed by atoms with Crippen LogP contribution in [0.4, 0.5) is 5.13 Å². The van der Waals surface area contributed by atoms with Gasteiger partial charge in [-0.3, -0.25) is 0 Å². The molecular formula is C12H16N4OS. The van der Waals surface area contributed by atoms with E-state index in [1.54, 1.807) is 7.11 Å². The zero-order valence-electron chi connectivity index (χ0n) is 10.5. The van der Waals surface area contributed by atoms with Crippen LogP contribution in [0.3, 0.4) is 0 Å². The lowest BCUT2D eigenvalue weighted by Crippen LogP contribution is -2.05. The Labute approximate surface area is 110 Å². The summed E-state index contributed by atoms with van der Waals surface area (Å²) in [4.78, 5) is 0. The van der Waals surface area contributed by atoms with E-state index < -0.39 is 0 Å². The van der Waals surface area contributed by atoms with Gasteiger partial charge in [-0.1, -0.05) is 28.6 Å². The van der Waals surface area contributed by atoms with E-state index in [1.807, 2.05) is 6.07 Å². The quantitative estimate of drug-likeness (QED) is 0.866. The van der Waals surface area contributed by atoms with Crippen molar-refractivity contribution in [2.45, 2.75) is 19.8 Å². The van der Waals surface area contributed by atoms with Crippen molar-refractivity contribution in [3.05, 3.63) is 29.3 Å². The number of benzene rings is 1. The molecule has 0 aliphatic rings. The first-order valence-electron chi connectivity index (χ1n) is 5.88. The molecule has 1 aromatic heterocycles. The van der Waals surface area contributed by atoms with Crippen LogP contribution in [0.5, 0.6) is 5.75 Å². The third-order valence-corrected chi connectivity index (χ3v) is 3.27. The second-order valence-corrected chi connectivity index (χ2v) is 4.58. The number of ether oxygens (including phenoxy) is 1. The van der Waals surface area contributed by atoms with Crippen molar-refractivity contribution >= 4 is 16.7 Å². The van der Waals surface area contributed by atoms with E-state index in [-0.39, 0.29) is 0 Å². The van der Waals surface area contributed by atoms with Crippen LogP contribution in [0.1, 0.15) is 18.1 Å². The summed E-state index contributed by atoms with van der Waals surface area (Å²) in [6, 6.07) is 6.32. The molecule has 96 valence electrons. The van der Waals surface area contributed by atoms with Crippen molar-refractivity contribution in [2.75, 3.05) is 19.0 Å². The molecular weight excluding hydrogens is 248 g/mol. The largest absolute Gasteiger partial charge is 0.496 e. The highest BCUT2D eigenvalue weighted by Crippen LogP contribution is 2.20. The average Bonchev–Trinajstić information content (AvgIpc) is 2.91. The lowest BCUT2D eigenvalue weighted by atomic mass is 10.1. The Kier molecular flexibility index (Phi) is 4.46. The van der Waals surface area contributed by atoms with Crippen molar-refractivity contribution in [3.63, 3.8) is 0 Å². The first-order chi connectivity index (χ1) is 8.83. The van der Waals surface area contributed by atoms with Crippen LogP contribution in [0.25, 0.3) is 0 Å². The van der Waals surface area contributed by atoms with Crippen LogP contribution >= 0.6 is 11.5 Å². The summed E-state index contributed by atoms with van der Waals surface area (Å²) < 4.78 is 9.01. The summed E-state index contributed by atoms with van der Waals surface area (Å²) >= 11 is 1.27. The molecule has 1 aromatic carbocycles. The van der Waals surface area contributed by atoms with E-state index in [0.717, 1.165) is 30.3 Å². The molecule has 0 amide bonds. The fourth-order valence-electron chi connectivity index (χ4n) is 1.78. The van der Waals surface area contributed by atoms with E-state index in [4.69, 9.17) is 4.74 Å². The van der Waals surface area contributed by atoms with Gasteiger partial charge >= 0.3 is 0 Å². The van der Waals surface area contributed by atoms with Crippen molar-refractivity contribution in [1.29, 1.82) is 0 Å². The Morgan fingerprint density at radius 1 is 1.39 bits per heavy atom. The van der Waals surface area contributed by atoms with Crippen LogP contribution in [-0.2, 0) is 12.8 Å². The highest BCUT2D eigenvalue weighted by Gasteiger charge is 2.03. The summed E-state index contributed by atoms with van der Waals surface area (Å²) in [6.07, 6.45) is 1.92. The molecule has 0 aliphatic heterocycles. The number of nitrogens with one attached hydrogen (secondary N) is 1. The van der Waals surface area contributed by atoms with Gasteiger partial charge in [0.1, 0.15) is 5.75 Å². The molecule has 0 atom stereocenters. The van der Waals surface area contributed by atoms with Gasteiger partial charge < -0.3 is 10.1 Å². The van der Waals surface area contributed by atoms with Gasteiger partial charge in [0, 0.05) is 18.1 Å². The molecule has 0 aliphatic carbocycles. The van der Waals surface area contributed by atoms with Crippen molar-refractivity contribution in [1.82, 2.24) is 14.8 Å². The second kappa shape index (κ2) is 6.30. The van der Waals surface area contributed by atoms with E-state index in [1.165, 1.54) is 22.7 Å². The lowest BCUT2D eigenvalue weighted by molar-refractivity contribution is 0.410. The van der Waals surface area contributed by atoms with Crippen molar-refractivity contribution < 1.29 is 4.74 Å². The molecule has 0 spiro atoms. The molecule has 1 N–H and O–H groups in total. The standard InChI is InChI=1S/C12H16N4OS/c1-3-10-8-9(4-5-11(10)17-2)6-7-13-12-14-15-16-18-12/h4-5,8H,3,6-7H2,1-2H3,(H,13,14,16). The Balaban J connectivity index is 1.93. The van der Waals surface area contributed by atoms with Crippen LogP contribution in [-0.4, -0.2) is 28.5 Å². The van der Waals surface area contributed by atoms with Gasteiger partial charge in [0.15, 0.2) is 0 Å². The SMILES string of the molecule is CCc1cc(CCNc2nnns2)ccc1OC.